The van der Waals surface area contributed by atoms with Crippen LogP contribution in [0.25, 0.3) is 0 Å². The Kier molecular flexibility index (Phi) is 23.2. The summed E-state index contributed by atoms with van der Waals surface area (Å²) in [6, 6.07) is 6.74. The average molecular weight is 768 g/mol. The van der Waals surface area contributed by atoms with Crippen molar-refractivity contribution in [3.63, 3.8) is 0 Å². The summed E-state index contributed by atoms with van der Waals surface area (Å²) in [7, 11) is -3.95. The Morgan fingerprint density at radius 2 is 1.23 bits per heavy atom. The zero-order valence-corrected chi connectivity index (χ0v) is 30.9. The Balaban J connectivity index is 1.55. The normalized spacial score (nSPS) is 11.2. The van der Waals surface area contributed by atoms with E-state index < -0.39 is 27.9 Å². The third-order valence-corrected chi connectivity index (χ3v) is 8.83. The number of aromatic nitrogens is 2. The van der Waals surface area contributed by atoms with Crippen LogP contribution in [0.4, 0.5) is 5.95 Å². The molecule has 296 valence electrons. The van der Waals surface area contributed by atoms with Crippen molar-refractivity contribution in [3.8, 4) is 0 Å². The quantitative estimate of drug-likeness (QED) is 0.0673. The first-order valence-electron chi connectivity index (χ1n) is 17.8. The van der Waals surface area contributed by atoms with Gasteiger partial charge in [-0.15, -0.1) is 0 Å². The van der Waals surface area contributed by atoms with Crippen molar-refractivity contribution in [2.75, 3.05) is 70.7 Å². The lowest BCUT2D eigenvalue weighted by molar-refractivity contribution is -0.143. The second-order valence-corrected chi connectivity index (χ2v) is 13.6. The molecule has 0 spiro atoms. The standard InChI is InChI=1S/C35H53N5O12S/c41-31(36-15-17-49-20-22-52-27-33(44)45)26-51-21-19-50-18-16-37-34(46)29-24-38-35(39-25-29)40-53(47,48)30-13-10-12-28(23-30)11-8-6-4-2-1-3-5-7-9-14-32(42)43/h10,12-13,23-25H,1-9,11,14-22,26-27H2,(H,36,41)(H,37,46)(H,42,43)(H,44,45)(H,38,39,40). The summed E-state index contributed by atoms with van der Waals surface area (Å²) in [5.41, 5.74) is 1.05. The number of sulfonamides is 1. The lowest BCUT2D eigenvalue weighted by Crippen LogP contribution is -2.31. The summed E-state index contributed by atoms with van der Waals surface area (Å²) in [4.78, 5) is 53.1. The highest BCUT2D eigenvalue weighted by atomic mass is 32.2. The minimum atomic E-state index is -3.95. The van der Waals surface area contributed by atoms with E-state index in [9.17, 15) is 27.6 Å². The molecule has 0 aliphatic carbocycles. The van der Waals surface area contributed by atoms with Gasteiger partial charge in [-0.25, -0.2) is 27.9 Å². The van der Waals surface area contributed by atoms with Crippen LogP contribution >= 0.6 is 0 Å². The monoisotopic (exact) mass is 767 g/mol. The van der Waals surface area contributed by atoms with Crippen LogP contribution in [0.3, 0.4) is 0 Å². The summed E-state index contributed by atoms with van der Waals surface area (Å²) in [6.07, 6.45) is 12.7. The molecular weight excluding hydrogens is 714 g/mol. The van der Waals surface area contributed by atoms with Gasteiger partial charge in [-0.2, -0.15) is 0 Å². The molecule has 0 saturated heterocycles. The molecule has 1 heterocycles. The number of aliphatic carboxylic acids is 2. The SMILES string of the molecule is O=C(O)CCCCCCCCCCCc1cccc(S(=O)(=O)Nc2ncc(C(=O)NCCOCCOCC(=O)NCCOCCOCC(=O)O)cn2)c1. The fraction of sp³-hybridized carbons (Fsp3) is 0.600. The van der Waals surface area contributed by atoms with Crippen molar-refractivity contribution in [2.24, 2.45) is 0 Å². The van der Waals surface area contributed by atoms with E-state index in [1.165, 1.54) is 18.5 Å². The predicted molar refractivity (Wildman–Crippen MR) is 193 cm³/mol. The first-order chi connectivity index (χ1) is 25.6. The number of benzene rings is 1. The van der Waals surface area contributed by atoms with Crippen molar-refractivity contribution in [1.82, 2.24) is 20.6 Å². The van der Waals surface area contributed by atoms with Gasteiger partial charge in [0, 0.05) is 31.9 Å². The van der Waals surface area contributed by atoms with Gasteiger partial charge in [0.25, 0.3) is 15.9 Å². The molecule has 0 unspecified atom stereocenters. The summed E-state index contributed by atoms with van der Waals surface area (Å²) >= 11 is 0. The van der Waals surface area contributed by atoms with E-state index in [1.54, 1.807) is 12.1 Å². The summed E-state index contributed by atoms with van der Waals surface area (Å²) in [6.45, 7) is 1.04. The number of carbonyl (C=O) groups excluding carboxylic acids is 2. The molecule has 1 aromatic carbocycles. The third-order valence-electron chi connectivity index (χ3n) is 7.51. The molecule has 0 radical (unpaired) electrons. The third kappa shape index (κ3) is 22.4. The molecule has 53 heavy (non-hydrogen) atoms. The highest BCUT2D eigenvalue weighted by molar-refractivity contribution is 7.92. The van der Waals surface area contributed by atoms with Crippen LogP contribution in [0.15, 0.2) is 41.6 Å². The maximum absolute atomic E-state index is 13.0. The molecule has 0 aliphatic heterocycles. The first kappa shape index (κ1) is 44.9. The molecule has 0 saturated carbocycles. The number of aryl methyl sites for hydroxylation is 1. The fourth-order valence-corrected chi connectivity index (χ4v) is 5.83. The van der Waals surface area contributed by atoms with Gasteiger partial charge in [0.15, 0.2) is 0 Å². The number of nitrogens with one attached hydrogen (secondary N) is 3. The number of anilines is 1. The van der Waals surface area contributed by atoms with Crippen LogP contribution in [0, 0.1) is 0 Å². The van der Waals surface area contributed by atoms with Crippen molar-refractivity contribution in [2.45, 2.75) is 75.5 Å². The van der Waals surface area contributed by atoms with E-state index in [-0.39, 0.29) is 94.7 Å². The predicted octanol–water partition coefficient (Wildman–Crippen LogP) is 2.80. The molecule has 17 nitrogen and oxygen atoms in total. The lowest BCUT2D eigenvalue weighted by atomic mass is 10.0. The smallest absolute Gasteiger partial charge is 0.329 e. The van der Waals surface area contributed by atoms with Crippen LogP contribution < -0.4 is 15.4 Å². The van der Waals surface area contributed by atoms with Crippen LogP contribution in [-0.2, 0) is 49.8 Å². The molecule has 0 fully saturated rings. The Morgan fingerprint density at radius 3 is 1.85 bits per heavy atom. The molecule has 2 amide bonds. The second kappa shape index (κ2) is 27.4. The fourth-order valence-electron chi connectivity index (χ4n) is 4.80. The van der Waals surface area contributed by atoms with Crippen molar-refractivity contribution in [1.29, 1.82) is 0 Å². The molecule has 2 rings (SSSR count). The van der Waals surface area contributed by atoms with Crippen molar-refractivity contribution < 1.29 is 56.8 Å². The highest BCUT2D eigenvalue weighted by Gasteiger charge is 2.17. The topological polar surface area (TPSA) is 242 Å². The number of carbonyl (C=O) groups is 4. The van der Waals surface area contributed by atoms with Gasteiger partial charge in [0.2, 0.25) is 11.9 Å². The number of nitrogens with zero attached hydrogens (tertiary/aromatic N) is 2. The number of carboxylic acids is 2. The van der Waals surface area contributed by atoms with Gasteiger partial charge < -0.3 is 39.8 Å². The molecule has 18 heteroatoms. The maximum Gasteiger partial charge on any atom is 0.329 e. The molecule has 0 atom stereocenters. The Morgan fingerprint density at radius 1 is 0.660 bits per heavy atom. The van der Waals surface area contributed by atoms with E-state index in [1.807, 2.05) is 6.07 Å². The van der Waals surface area contributed by atoms with Crippen LogP contribution in [0.2, 0.25) is 0 Å². The number of hydrogen-bond acceptors (Lipinski definition) is 12. The minimum absolute atomic E-state index is 0.0954. The molecule has 0 bridgehead atoms. The van der Waals surface area contributed by atoms with Gasteiger partial charge in [-0.1, -0.05) is 57.1 Å². The Hall–Kier alpha value is -4.23. The summed E-state index contributed by atoms with van der Waals surface area (Å²) < 4.78 is 49.0. The Bertz CT molecular complexity index is 1480. The molecule has 0 aliphatic rings. The molecule has 2 aromatic rings. The van der Waals surface area contributed by atoms with Crippen LogP contribution in [0.1, 0.15) is 80.1 Å². The zero-order chi connectivity index (χ0) is 38.6. The first-order valence-corrected chi connectivity index (χ1v) is 19.3. The van der Waals surface area contributed by atoms with Gasteiger partial charge in [0.05, 0.1) is 50.1 Å². The number of amides is 2. The number of carboxylic acid groups (broad SMARTS) is 2. The van der Waals surface area contributed by atoms with E-state index >= 15 is 0 Å². The minimum Gasteiger partial charge on any atom is -0.481 e. The summed E-state index contributed by atoms with van der Waals surface area (Å²) in [5, 5.41) is 22.4. The van der Waals surface area contributed by atoms with E-state index in [2.05, 4.69) is 25.3 Å². The number of rotatable bonds is 32. The van der Waals surface area contributed by atoms with E-state index in [0.29, 0.717) is 0 Å². The van der Waals surface area contributed by atoms with Gasteiger partial charge >= 0.3 is 11.9 Å². The summed E-state index contributed by atoms with van der Waals surface area (Å²) in [5.74, 6) is -2.75. The molecule has 1 aromatic heterocycles. The maximum atomic E-state index is 13.0. The number of hydrogen-bond donors (Lipinski definition) is 5. The zero-order valence-electron chi connectivity index (χ0n) is 30.1. The average Bonchev–Trinajstić information content (AvgIpc) is 3.12. The highest BCUT2D eigenvalue weighted by Crippen LogP contribution is 2.18. The van der Waals surface area contributed by atoms with Crippen molar-refractivity contribution >= 4 is 39.7 Å². The van der Waals surface area contributed by atoms with E-state index in [4.69, 9.17) is 29.2 Å². The number of unbranched alkanes of at least 4 members (excludes halogenated alkanes) is 8. The second-order valence-electron chi connectivity index (χ2n) is 12.0. The number of ether oxygens (including phenoxy) is 4. The van der Waals surface area contributed by atoms with Gasteiger partial charge in [0.1, 0.15) is 13.2 Å². The van der Waals surface area contributed by atoms with E-state index in [0.717, 1.165) is 69.8 Å². The van der Waals surface area contributed by atoms with Gasteiger partial charge in [-0.3, -0.25) is 14.4 Å². The van der Waals surface area contributed by atoms with Crippen molar-refractivity contribution in [3.05, 3.63) is 47.8 Å². The molecule has 5 N–H and O–H groups in total. The largest absolute Gasteiger partial charge is 0.481 e. The van der Waals surface area contributed by atoms with Crippen LogP contribution in [0.5, 0.6) is 0 Å². The van der Waals surface area contributed by atoms with Crippen LogP contribution in [-0.4, -0.2) is 118 Å². The van der Waals surface area contributed by atoms with Gasteiger partial charge in [-0.05, 0) is 37.0 Å². The molecular formula is C35H53N5O12S. The Labute approximate surface area is 310 Å². The lowest BCUT2D eigenvalue weighted by Gasteiger charge is -2.10.